The van der Waals surface area contributed by atoms with E-state index in [0.29, 0.717) is 6.04 Å². The van der Waals surface area contributed by atoms with Crippen molar-refractivity contribution in [3.63, 3.8) is 0 Å². The molecule has 0 saturated heterocycles. The van der Waals surface area contributed by atoms with Crippen molar-refractivity contribution < 1.29 is 9.90 Å². The standard InChI is InChI=1S/C16H27NO2/c1-16(2,15(18)19)6-7-17-14-9-10-8-13(14)12-5-3-4-11(10)12/h10-14,17H,3-9H2,1-2H3,(H,18,19). The van der Waals surface area contributed by atoms with Gasteiger partial charge < -0.3 is 10.4 Å². The fourth-order valence-corrected chi connectivity index (χ4v) is 4.98. The number of carbonyl (C=O) groups is 1. The monoisotopic (exact) mass is 265 g/mol. The average Bonchev–Trinajstić information content (AvgIpc) is 2.99. The molecule has 3 aliphatic rings. The first kappa shape index (κ1) is 13.4. The summed E-state index contributed by atoms with van der Waals surface area (Å²) in [7, 11) is 0. The average molecular weight is 265 g/mol. The Morgan fingerprint density at radius 1 is 1.21 bits per heavy atom. The number of aliphatic carboxylic acids is 1. The SMILES string of the molecule is CC(C)(CCNC1CC2CC1C1CCCC21)C(=O)O. The van der Waals surface area contributed by atoms with Crippen LogP contribution in [0.1, 0.15) is 52.4 Å². The van der Waals surface area contributed by atoms with Crippen molar-refractivity contribution in [2.45, 2.75) is 58.4 Å². The van der Waals surface area contributed by atoms with Crippen LogP contribution in [0.15, 0.2) is 0 Å². The second-order valence-corrected chi connectivity index (χ2v) is 7.65. The molecule has 0 aromatic carbocycles. The van der Waals surface area contributed by atoms with Gasteiger partial charge in [0, 0.05) is 6.04 Å². The van der Waals surface area contributed by atoms with Crippen LogP contribution in [0.5, 0.6) is 0 Å². The molecule has 3 aliphatic carbocycles. The van der Waals surface area contributed by atoms with Crippen molar-refractivity contribution in [3.8, 4) is 0 Å². The summed E-state index contributed by atoms with van der Waals surface area (Å²) in [6, 6.07) is 0.675. The molecule has 0 aromatic heterocycles. The van der Waals surface area contributed by atoms with Crippen LogP contribution in [0.4, 0.5) is 0 Å². The number of fused-ring (bicyclic) bond motifs is 5. The zero-order valence-electron chi connectivity index (χ0n) is 12.2. The number of hydrogen-bond acceptors (Lipinski definition) is 2. The van der Waals surface area contributed by atoms with Crippen LogP contribution in [0.25, 0.3) is 0 Å². The molecule has 19 heavy (non-hydrogen) atoms. The lowest BCUT2D eigenvalue weighted by Crippen LogP contribution is -2.41. The van der Waals surface area contributed by atoms with Gasteiger partial charge in [-0.2, -0.15) is 0 Å². The van der Waals surface area contributed by atoms with Crippen molar-refractivity contribution in [2.75, 3.05) is 6.54 Å². The third-order valence-electron chi connectivity index (χ3n) is 6.16. The molecule has 3 heteroatoms. The predicted molar refractivity (Wildman–Crippen MR) is 74.9 cm³/mol. The van der Waals surface area contributed by atoms with Gasteiger partial charge in [0.2, 0.25) is 0 Å². The Hall–Kier alpha value is -0.570. The number of hydrogen-bond donors (Lipinski definition) is 2. The summed E-state index contributed by atoms with van der Waals surface area (Å²) in [5.74, 6) is 3.22. The summed E-state index contributed by atoms with van der Waals surface area (Å²) < 4.78 is 0. The Kier molecular flexibility index (Phi) is 3.36. The zero-order chi connectivity index (χ0) is 13.6. The van der Waals surface area contributed by atoms with E-state index in [0.717, 1.165) is 36.6 Å². The fourth-order valence-electron chi connectivity index (χ4n) is 4.98. The van der Waals surface area contributed by atoms with Crippen molar-refractivity contribution >= 4 is 5.97 Å². The Morgan fingerprint density at radius 3 is 2.68 bits per heavy atom. The minimum absolute atomic E-state index is 0.597. The molecule has 0 heterocycles. The van der Waals surface area contributed by atoms with Crippen LogP contribution in [0.2, 0.25) is 0 Å². The zero-order valence-corrected chi connectivity index (χ0v) is 12.2. The third kappa shape index (κ3) is 2.31. The molecular formula is C16H27NO2. The maximum atomic E-state index is 11.1. The molecule has 0 amide bonds. The minimum atomic E-state index is -0.682. The van der Waals surface area contributed by atoms with E-state index in [1.807, 2.05) is 13.8 Å². The van der Waals surface area contributed by atoms with Crippen LogP contribution in [0, 0.1) is 29.1 Å². The lowest BCUT2D eigenvalue weighted by molar-refractivity contribution is -0.147. The largest absolute Gasteiger partial charge is 0.481 e. The molecule has 3 fully saturated rings. The van der Waals surface area contributed by atoms with E-state index in [-0.39, 0.29) is 0 Å². The topological polar surface area (TPSA) is 49.3 Å². The molecule has 0 spiro atoms. The predicted octanol–water partition coefficient (Wildman–Crippen LogP) is 2.90. The summed E-state index contributed by atoms with van der Waals surface area (Å²) in [4.78, 5) is 11.1. The Balaban J connectivity index is 1.49. The normalized spacial score (nSPS) is 40.6. The van der Waals surface area contributed by atoms with Gasteiger partial charge in [-0.15, -0.1) is 0 Å². The second-order valence-electron chi connectivity index (χ2n) is 7.65. The highest BCUT2D eigenvalue weighted by Gasteiger charge is 2.53. The molecule has 0 aromatic rings. The number of rotatable bonds is 5. The van der Waals surface area contributed by atoms with E-state index in [4.69, 9.17) is 5.11 Å². The van der Waals surface area contributed by atoms with E-state index in [9.17, 15) is 4.79 Å². The summed E-state index contributed by atoms with van der Waals surface area (Å²) >= 11 is 0. The van der Waals surface area contributed by atoms with Crippen LogP contribution in [-0.4, -0.2) is 23.7 Å². The summed E-state index contributed by atoms with van der Waals surface area (Å²) in [5, 5.41) is 12.8. The van der Waals surface area contributed by atoms with Crippen molar-refractivity contribution in [1.82, 2.24) is 5.32 Å². The third-order valence-corrected chi connectivity index (χ3v) is 6.16. The molecule has 3 rings (SSSR count). The molecule has 5 atom stereocenters. The Morgan fingerprint density at radius 2 is 1.95 bits per heavy atom. The molecule has 2 N–H and O–H groups in total. The van der Waals surface area contributed by atoms with Crippen LogP contribution in [-0.2, 0) is 4.79 Å². The Labute approximate surface area is 116 Å². The Bertz CT molecular complexity index is 366. The molecule has 108 valence electrons. The van der Waals surface area contributed by atoms with Gasteiger partial charge in [-0.3, -0.25) is 4.79 Å². The summed E-state index contributed by atoms with van der Waals surface area (Å²) in [5.41, 5.74) is -0.597. The van der Waals surface area contributed by atoms with E-state index in [1.54, 1.807) is 0 Å². The van der Waals surface area contributed by atoms with E-state index >= 15 is 0 Å². The highest BCUT2D eigenvalue weighted by atomic mass is 16.4. The van der Waals surface area contributed by atoms with Gasteiger partial charge in [-0.1, -0.05) is 6.42 Å². The lowest BCUT2D eigenvalue weighted by Gasteiger charge is -2.33. The minimum Gasteiger partial charge on any atom is -0.481 e. The molecule has 3 saturated carbocycles. The van der Waals surface area contributed by atoms with Gasteiger partial charge in [0.1, 0.15) is 0 Å². The van der Waals surface area contributed by atoms with Crippen molar-refractivity contribution in [2.24, 2.45) is 29.1 Å². The van der Waals surface area contributed by atoms with Crippen LogP contribution in [0.3, 0.4) is 0 Å². The maximum absolute atomic E-state index is 11.1. The lowest BCUT2D eigenvalue weighted by atomic mass is 9.79. The first-order valence-electron chi connectivity index (χ1n) is 7.96. The fraction of sp³-hybridized carbons (Fsp3) is 0.938. The molecule has 0 aliphatic heterocycles. The smallest absolute Gasteiger partial charge is 0.309 e. The molecule has 3 nitrogen and oxygen atoms in total. The van der Waals surface area contributed by atoms with Crippen molar-refractivity contribution in [3.05, 3.63) is 0 Å². The molecule has 2 bridgehead atoms. The first-order valence-corrected chi connectivity index (χ1v) is 7.96. The van der Waals surface area contributed by atoms with Gasteiger partial charge >= 0.3 is 5.97 Å². The number of carboxylic acid groups (broad SMARTS) is 1. The highest BCUT2D eigenvalue weighted by molar-refractivity contribution is 5.73. The van der Waals surface area contributed by atoms with E-state index < -0.39 is 11.4 Å². The number of carboxylic acids is 1. The van der Waals surface area contributed by atoms with Gasteiger partial charge in [-0.25, -0.2) is 0 Å². The van der Waals surface area contributed by atoms with E-state index in [2.05, 4.69) is 5.32 Å². The second kappa shape index (κ2) is 4.76. The van der Waals surface area contributed by atoms with Gasteiger partial charge in [-0.05, 0) is 76.2 Å². The van der Waals surface area contributed by atoms with Crippen LogP contribution < -0.4 is 5.32 Å². The van der Waals surface area contributed by atoms with Gasteiger partial charge in [0.05, 0.1) is 5.41 Å². The van der Waals surface area contributed by atoms with E-state index in [1.165, 1.54) is 32.1 Å². The van der Waals surface area contributed by atoms with Crippen LogP contribution >= 0.6 is 0 Å². The molecular weight excluding hydrogens is 238 g/mol. The highest BCUT2D eigenvalue weighted by Crippen LogP contribution is 2.58. The van der Waals surface area contributed by atoms with Crippen molar-refractivity contribution in [1.29, 1.82) is 0 Å². The molecule has 0 radical (unpaired) electrons. The first-order chi connectivity index (χ1) is 8.99. The maximum Gasteiger partial charge on any atom is 0.309 e. The number of nitrogens with one attached hydrogen (secondary N) is 1. The summed E-state index contributed by atoms with van der Waals surface area (Å²) in [6.07, 6.45) is 7.88. The van der Waals surface area contributed by atoms with Gasteiger partial charge in [0.15, 0.2) is 0 Å². The molecule has 5 unspecified atom stereocenters. The quantitative estimate of drug-likeness (QED) is 0.803. The van der Waals surface area contributed by atoms with Gasteiger partial charge in [0.25, 0.3) is 0 Å². The summed E-state index contributed by atoms with van der Waals surface area (Å²) in [6.45, 7) is 4.50.